The van der Waals surface area contributed by atoms with Crippen molar-refractivity contribution in [1.29, 1.82) is 0 Å². The number of ether oxygens (including phenoxy) is 1. The lowest BCUT2D eigenvalue weighted by Crippen LogP contribution is -2.38. The van der Waals surface area contributed by atoms with E-state index in [0.29, 0.717) is 42.2 Å². The molecule has 0 spiro atoms. The number of imide groups is 1. The molecule has 1 aromatic heterocycles. The highest BCUT2D eigenvalue weighted by Crippen LogP contribution is 2.18. The summed E-state index contributed by atoms with van der Waals surface area (Å²) in [5, 5.41) is 5.47. The molecule has 26 heavy (non-hydrogen) atoms. The van der Waals surface area contributed by atoms with Crippen LogP contribution in [0.25, 0.3) is 10.9 Å². The summed E-state index contributed by atoms with van der Waals surface area (Å²) in [5.74, 6) is -0.485. The molecular weight excluding hydrogens is 356 g/mol. The molecule has 0 aliphatic carbocycles. The van der Waals surface area contributed by atoms with Crippen molar-refractivity contribution in [3.8, 4) is 0 Å². The molecule has 1 aromatic carbocycles. The molecule has 9 heteroatoms. The summed E-state index contributed by atoms with van der Waals surface area (Å²) in [4.78, 5) is 40.3. The van der Waals surface area contributed by atoms with Gasteiger partial charge in [0.05, 0.1) is 16.7 Å². The molecule has 8 nitrogen and oxygen atoms in total. The first-order chi connectivity index (χ1) is 12.6. The topological polar surface area (TPSA) is 102 Å². The Morgan fingerprint density at radius 1 is 1.31 bits per heavy atom. The minimum Gasteiger partial charge on any atom is -0.382 e. The van der Waals surface area contributed by atoms with Crippen LogP contribution in [0.2, 0.25) is 0 Å². The van der Waals surface area contributed by atoms with E-state index in [0.717, 1.165) is 11.8 Å². The predicted octanol–water partition coefficient (Wildman–Crippen LogP) is 1.37. The van der Waals surface area contributed by atoms with Gasteiger partial charge in [-0.25, -0.2) is 9.78 Å². The second-order valence-corrected chi connectivity index (χ2v) is 6.28. The van der Waals surface area contributed by atoms with E-state index in [4.69, 9.17) is 4.74 Å². The molecule has 0 aliphatic rings. The van der Waals surface area contributed by atoms with Crippen molar-refractivity contribution in [1.82, 2.24) is 20.2 Å². The van der Waals surface area contributed by atoms with Crippen LogP contribution in [0.5, 0.6) is 0 Å². The number of fused-ring (bicyclic) bond motifs is 1. The van der Waals surface area contributed by atoms with Crippen LogP contribution in [0, 0.1) is 0 Å². The minimum absolute atomic E-state index is 0.0241. The molecule has 0 saturated heterocycles. The second kappa shape index (κ2) is 9.93. The number of nitrogens with zero attached hydrogens (tertiary/aromatic N) is 2. The van der Waals surface area contributed by atoms with Crippen LogP contribution in [0.15, 0.2) is 34.2 Å². The van der Waals surface area contributed by atoms with Crippen molar-refractivity contribution >= 4 is 34.6 Å². The summed E-state index contributed by atoms with van der Waals surface area (Å²) < 4.78 is 6.88. The van der Waals surface area contributed by atoms with Gasteiger partial charge < -0.3 is 10.1 Å². The Morgan fingerprint density at radius 2 is 2.08 bits per heavy atom. The molecule has 140 valence electrons. The van der Waals surface area contributed by atoms with Crippen molar-refractivity contribution in [2.75, 3.05) is 26.0 Å². The highest BCUT2D eigenvalue weighted by Gasteiger charge is 2.14. The van der Waals surface area contributed by atoms with Crippen LogP contribution in [-0.2, 0) is 16.1 Å². The zero-order valence-electron chi connectivity index (χ0n) is 14.8. The Labute approximate surface area is 155 Å². The van der Waals surface area contributed by atoms with E-state index >= 15 is 0 Å². The monoisotopic (exact) mass is 378 g/mol. The van der Waals surface area contributed by atoms with E-state index in [1.165, 1.54) is 7.05 Å². The highest BCUT2D eigenvalue weighted by molar-refractivity contribution is 7.99. The quantitative estimate of drug-likeness (QED) is 0.409. The number of urea groups is 1. The standard InChI is InChI=1S/C17H22N4O4S/c1-3-25-10-6-9-21-15(23)12-7-4-5-8-13(12)19-17(21)26-11-14(22)20-16(24)18-2/h4-5,7-8H,3,6,9-11H2,1-2H3,(H2,18,20,22,24). The number of rotatable bonds is 8. The van der Waals surface area contributed by atoms with Crippen molar-refractivity contribution in [3.05, 3.63) is 34.6 Å². The summed E-state index contributed by atoms with van der Waals surface area (Å²) >= 11 is 1.12. The van der Waals surface area contributed by atoms with Crippen molar-refractivity contribution < 1.29 is 14.3 Å². The number of aromatic nitrogens is 2. The Bertz CT molecular complexity index is 837. The van der Waals surface area contributed by atoms with Crippen molar-refractivity contribution in [2.45, 2.75) is 25.0 Å². The van der Waals surface area contributed by atoms with Crippen LogP contribution in [-0.4, -0.2) is 47.5 Å². The lowest BCUT2D eigenvalue weighted by Gasteiger charge is -2.13. The number of hydrogen-bond donors (Lipinski definition) is 2. The van der Waals surface area contributed by atoms with Gasteiger partial charge in [0.2, 0.25) is 5.91 Å². The molecule has 0 radical (unpaired) electrons. The molecule has 0 bridgehead atoms. The van der Waals surface area contributed by atoms with Crippen LogP contribution in [0.3, 0.4) is 0 Å². The zero-order valence-corrected chi connectivity index (χ0v) is 15.6. The Morgan fingerprint density at radius 3 is 2.81 bits per heavy atom. The summed E-state index contributed by atoms with van der Waals surface area (Å²) in [6.45, 7) is 3.51. The number of carbonyl (C=O) groups is 2. The molecular formula is C17H22N4O4S. The normalized spacial score (nSPS) is 10.7. The summed E-state index contributed by atoms with van der Waals surface area (Å²) in [7, 11) is 1.43. The number of para-hydroxylation sites is 1. The maximum absolute atomic E-state index is 12.8. The van der Waals surface area contributed by atoms with Crippen molar-refractivity contribution in [2.24, 2.45) is 0 Å². The smallest absolute Gasteiger partial charge is 0.321 e. The average molecular weight is 378 g/mol. The average Bonchev–Trinajstić information content (AvgIpc) is 2.65. The number of hydrogen-bond acceptors (Lipinski definition) is 6. The number of benzene rings is 1. The van der Waals surface area contributed by atoms with E-state index in [2.05, 4.69) is 15.6 Å². The highest BCUT2D eigenvalue weighted by atomic mass is 32.2. The van der Waals surface area contributed by atoms with Gasteiger partial charge in [0.1, 0.15) is 0 Å². The lowest BCUT2D eigenvalue weighted by atomic mass is 10.2. The van der Waals surface area contributed by atoms with Gasteiger partial charge in [-0.2, -0.15) is 0 Å². The third-order valence-corrected chi connectivity index (χ3v) is 4.49. The van der Waals surface area contributed by atoms with Crippen LogP contribution in [0.1, 0.15) is 13.3 Å². The van der Waals surface area contributed by atoms with E-state index in [1.807, 2.05) is 6.92 Å². The lowest BCUT2D eigenvalue weighted by molar-refractivity contribution is -0.117. The fourth-order valence-corrected chi connectivity index (χ4v) is 3.10. The summed E-state index contributed by atoms with van der Waals surface area (Å²) in [6, 6.07) is 6.52. The Balaban J connectivity index is 2.22. The van der Waals surface area contributed by atoms with Crippen LogP contribution < -0.4 is 16.2 Å². The molecule has 1 heterocycles. The second-order valence-electron chi connectivity index (χ2n) is 5.33. The molecule has 2 rings (SSSR count). The molecule has 0 atom stereocenters. The van der Waals surface area contributed by atoms with E-state index in [-0.39, 0.29) is 11.3 Å². The predicted molar refractivity (Wildman–Crippen MR) is 100 cm³/mol. The van der Waals surface area contributed by atoms with Gasteiger partial charge >= 0.3 is 6.03 Å². The number of carbonyl (C=O) groups excluding carboxylic acids is 2. The fraction of sp³-hybridized carbons (Fsp3) is 0.412. The number of nitrogens with one attached hydrogen (secondary N) is 2. The van der Waals surface area contributed by atoms with E-state index < -0.39 is 11.9 Å². The maximum atomic E-state index is 12.8. The van der Waals surface area contributed by atoms with Crippen molar-refractivity contribution in [3.63, 3.8) is 0 Å². The van der Waals surface area contributed by atoms with Crippen LogP contribution in [0.4, 0.5) is 4.79 Å². The van der Waals surface area contributed by atoms with Gasteiger partial charge in [-0.3, -0.25) is 19.5 Å². The molecule has 0 saturated carbocycles. The summed E-state index contributed by atoms with van der Waals surface area (Å²) in [5.41, 5.74) is 0.425. The van der Waals surface area contributed by atoms with Gasteiger partial charge in [0.15, 0.2) is 5.16 Å². The molecule has 2 N–H and O–H groups in total. The van der Waals surface area contributed by atoms with Gasteiger partial charge in [-0.15, -0.1) is 0 Å². The van der Waals surface area contributed by atoms with Gasteiger partial charge in [0.25, 0.3) is 5.56 Å². The van der Waals surface area contributed by atoms with Gasteiger partial charge in [0, 0.05) is 26.8 Å². The first-order valence-corrected chi connectivity index (χ1v) is 9.27. The third-order valence-electron chi connectivity index (χ3n) is 3.51. The first-order valence-electron chi connectivity index (χ1n) is 8.28. The fourth-order valence-electron chi connectivity index (χ4n) is 2.28. The Kier molecular flexibility index (Phi) is 7.61. The summed E-state index contributed by atoms with van der Waals surface area (Å²) in [6.07, 6.45) is 0.658. The van der Waals surface area contributed by atoms with E-state index in [1.54, 1.807) is 28.8 Å². The van der Waals surface area contributed by atoms with Gasteiger partial charge in [-0.05, 0) is 25.5 Å². The maximum Gasteiger partial charge on any atom is 0.321 e. The number of thioether (sulfide) groups is 1. The molecule has 2 aromatic rings. The zero-order chi connectivity index (χ0) is 18.9. The minimum atomic E-state index is -0.573. The van der Waals surface area contributed by atoms with E-state index in [9.17, 15) is 14.4 Å². The van der Waals surface area contributed by atoms with Crippen LogP contribution >= 0.6 is 11.8 Å². The first kappa shape index (κ1) is 19.9. The Hall–Kier alpha value is -2.39. The molecule has 0 aliphatic heterocycles. The number of amides is 3. The molecule has 0 fully saturated rings. The third kappa shape index (κ3) is 5.30. The SMILES string of the molecule is CCOCCCn1c(SCC(=O)NC(=O)NC)nc2ccccc2c1=O. The van der Waals surface area contributed by atoms with Gasteiger partial charge in [-0.1, -0.05) is 23.9 Å². The molecule has 0 unspecified atom stereocenters. The molecule has 3 amide bonds. The largest absolute Gasteiger partial charge is 0.382 e.